The molecule has 1 unspecified atom stereocenters. The van der Waals surface area contributed by atoms with E-state index in [1.807, 2.05) is 0 Å². The maximum atomic E-state index is 13.3. The van der Waals surface area contributed by atoms with Crippen LogP contribution in [0.15, 0.2) is 42.5 Å². The van der Waals surface area contributed by atoms with Gasteiger partial charge in [0.1, 0.15) is 5.75 Å². The summed E-state index contributed by atoms with van der Waals surface area (Å²) >= 11 is 5.96. The highest BCUT2D eigenvalue weighted by molar-refractivity contribution is 6.32. The number of benzene rings is 2. The standard InChI is InChI=1S/C18H18ClF3N2O2/c1-11(26-16-7-5-4-6-14(16)19)17(25)23-15-9-8-12(24(2)3)10-13(15)18(20,21)22/h4-11H,1-3H3,(H,23,25). The van der Waals surface area contributed by atoms with Crippen LogP contribution in [0.1, 0.15) is 12.5 Å². The second-order valence-corrected chi connectivity index (χ2v) is 6.21. The molecule has 1 amide bonds. The average Bonchev–Trinajstić information content (AvgIpc) is 2.56. The van der Waals surface area contributed by atoms with Crippen LogP contribution in [0.25, 0.3) is 0 Å². The van der Waals surface area contributed by atoms with E-state index in [-0.39, 0.29) is 11.4 Å². The topological polar surface area (TPSA) is 41.6 Å². The zero-order valence-electron chi connectivity index (χ0n) is 14.4. The summed E-state index contributed by atoms with van der Waals surface area (Å²) in [5.41, 5.74) is -0.889. The number of rotatable bonds is 5. The van der Waals surface area contributed by atoms with Crippen LogP contribution in [0.3, 0.4) is 0 Å². The number of nitrogens with one attached hydrogen (secondary N) is 1. The van der Waals surface area contributed by atoms with E-state index >= 15 is 0 Å². The number of nitrogens with zero attached hydrogens (tertiary/aromatic N) is 1. The van der Waals surface area contributed by atoms with Gasteiger partial charge in [0.05, 0.1) is 16.3 Å². The van der Waals surface area contributed by atoms with E-state index in [0.29, 0.717) is 10.7 Å². The van der Waals surface area contributed by atoms with Crippen molar-refractivity contribution in [3.8, 4) is 5.75 Å². The normalized spacial score (nSPS) is 12.4. The number of para-hydroxylation sites is 1. The molecule has 0 fully saturated rings. The van der Waals surface area contributed by atoms with Crippen LogP contribution < -0.4 is 15.0 Å². The summed E-state index contributed by atoms with van der Waals surface area (Å²) < 4.78 is 45.4. The molecular formula is C18H18ClF3N2O2. The van der Waals surface area contributed by atoms with Crippen LogP contribution in [-0.2, 0) is 11.0 Å². The van der Waals surface area contributed by atoms with E-state index in [1.165, 1.54) is 19.1 Å². The largest absolute Gasteiger partial charge is 0.479 e. The highest BCUT2D eigenvalue weighted by Crippen LogP contribution is 2.37. The molecule has 0 aliphatic carbocycles. The number of anilines is 2. The molecule has 2 rings (SSSR count). The van der Waals surface area contributed by atoms with E-state index < -0.39 is 23.8 Å². The first kappa shape index (κ1) is 19.9. The quantitative estimate of drug-likeness (QED) is 0.800. The van der Waals surface area contributed by atoms with Gasteiger partial charge in [0.25, 0.3) is 5.91 Å². The molecule has 0 aromatic heterocycles. The van der Waals surface area contributed by atoms with Crippen LogP contribution in [0.2, 0.25) is 5.02 Å². The van der Waals surface area contributed by atoms with E-state index in [1.54, 1.807) is 43.3 Å². The lowest BCUT2D eigenvalue weighted by molar-refractivity contribution is -0.137. The Morgan fingerprint density at radius 1 is 1.19 bits per heavy atom. The van der Waals surface area contributed by atoms with E-state index in [0.717, 1.165) is 6.07 Å². The maximum absolute atomic E-state index is 13.3. The van der Waals surface area contributed by atoms with Crippen LogP contribution in [-0.4, -0.2) is 26.1 Å². The Kier molecular flexibility index (Phi) is 6.02. The second-order valence-electron chi connectivity index (χ2n) is 5.80. The minimum absolute atomic E-state index is 0.274. The fraction of sp³-hybridized carbons (Fsp3) is 0.278. The Morgan fingerprint density at radius 3 is 2.42 bits per heavy atom. The van der Waals surface area contributed by atoms with Crippen LogP contribution >= 0.6 is 11.6 Å². The first-order valence-electron chi connectivity index (χ1n) is 7.70. The Bertz CT molecular complexity index is 794. The molecule has 8 heteroatoms. The number of amides is 1. The number of hydrogen-bond acceptors (Lipinski definition) is 3. The molecular weight excluding hydrogens is 369 g/mol. The highest BCUT2D eigenvalue weighted by atomic mass is 35.5. The lowest BCUT2D eigenvalue weighted by atomic mass is 10.1. The SMILES string of the molecule is CC(Oc1ccccc1Cl)C(=O)Nc1ccc(N(C)C)cc1C(F)(F)F. The molecule has 0 saturated carbocycles. The number of halogens is 4. The molecule has 0 spiro atoms. The number of hydrogen-bond donors (Lipinski definition) is 1. The molecule has 1 N–H and O–H groups in total. The number of carbonyl (C=O) groups is 1. The van der Waals surface area contributed by atoms with Crippen molar-refractivity contribution >= 4 is 28.9 Å². The van der Waals surface area contributed by atoms with Gasteiger partial charge in [-0.15, -0.1) is 0 Å². The third kappa shape index (κ3) is 4.82. The van der Waals surface area contributed by atoms with Gasteiger partial charge in [-0.2, -0.15) is 13.2 Å². The van der Waals surface area contributed by atoms with E-state index in [9.17, 15) is 18.0 Å². The Balaban J connectivity index is 2.21. The third-order valence-electron chi connectivity index (χ3n) is 3.59. The number of carbonyl (C=O) groups excluding carboxylic acids is 1. The lowest BCUT2D eigenvalue weighted by Gasteiger charge is -2.20. The Morgan fingerprint density at radius 2 is 1.85 bits per heavy atom. The smallest absolute Gasteiger partial charge is 0.418 e. The molecule has 4 nitrogen and oxygen atoms in total. The minimum atomic E-state index is -4.61. The van der Waals surface area contributed by atoms with E-state index in [4.69, 9.17) is 16.3 Å². The minimum Gasteiger partial charge on any atom is -0.479 e. The summed E-state index contributed by atoms with van der Waals surface area (Å²) in [6.45, 7) is 1.43. The van der Waals surface area contributed by atoms with Crippen molar-refractivity contribution in [2.24, 2.45) is 0 Å². The first-order valence-corrected chi connectivity index (χ1v) is 8.08. The second kappa shape index (κ2) is 7.86. The van der Waals surface area contributed by atoms with Gasteiger partial charge in [0.2, 0.25) is 0 Å². The molecule has 0 aliphatic heterocycles. The molecule has 26 heavy (non-hydrogen) atoms. The fourth-order valence-corrected chi connectivity index (χ4v) is 2.35. The molecule has 1 atom stereocenters. The summed E-state index contributed by atoms with van der Waals surface area (Å²) in [6, 6.07) is 10.2. The fourth-order valence-electron chi connectivity index (χ4n) is 2.17. The van der Waals surface area contributed by atoms with Gasteiger partial charge in [-0.05, 0) is 37.3 Å². The van der Waals surface area contributed by atoms with Gasteiger partial charge < -0.3 is 15.0 Å². The zero-order valence-corrected chi connectivity index (χ0v) is 15.2. The molecule has 0 aliphatic rings. The molecule has 0 radical (unpaired) electrons. The third-order valence-corrected chi connectivity index (χ3v) is 3.90. The molecule has 2 aromatic rings. The summed E-state index contributed by atoms with van der Waals surface area (Å²) in [4.78, 5) is 13.8. The van der Waals surface area contributed by atoms with Crippen LogP contribution in [0.5, 0.6) is 5.75 Å². The van der Waals surface area contributed by atoms with Crippen molar-refractivity contribution in [3.05, 3.63) is 53.1 Å². The Hall–Kier alpha value is -2.41. The Labute approximate surface area is 154 Å². The van der Waals surface area contributed by atoms with Crippen molar-refractivity contribution in [2.75, 3.05) is 24.3 Å². The summed E-state index contributed by atoms with van der Waals surface area (Å²) in [7, 11) is 3.26. The van der Waals surface area contributed by atoms with Gasteiger partial charge in [0.15, 0.2) is 6.10 Å². The van der Waals surface area contributed by atoms with Gasteiger partial charge in [-0.3, -0.25) is 4.79 Å². The highest BCUT2D eigenvalue weighted by Gasteiger charge is 2.35. The van der Waals surface area contributed by atoms with Gasteiger partial charge in [-0.25, -0.2) is 0 Å². The molecule has 0 saturated heterocycles. The lowest BCUT2D eigenvalue weighted by Crippen LogP contribution is -2.31. The number of ether oxygens (including phenoxy) is 1. The van der Waals surface area contributed by atoms with Crippen molar-refractivity contribution < 1.29 is 22.7 Å². The zero-order chi connectivity index (χ0) is 19.5. The predicted molar refractivity (Wildman–Crippen MR) is 95.9 cm³/mol. The van der Waals surface area contributed by atoms with Crippen molar-refractivity contribution in [3.63, 3.8) is 0 Å². The summed E-state index contributed by atoms with van der Waals surface area (Å²) in [5, 5.41) is 2.58. The van der Waals surface area contributed by atoms with Crippen molar-refractivity contribution in [1.82, 2.24) is 0 Å². The molecule has 0 heterocycles. The van der Waals surface area contributed by atoms with Crippen LogP contribution in [0, 0.1) is 0 Å². The average molecular weight is 387 g/mol. The molecule has 140 valence electrons. The predicted octanol–water partition coefficient (Wildman–Crippen LogP) is 4.83. The van der Waals surface area contributed by atoms with Gasteiger partial charge in [0, 0.05) is 19.8 Å². The number of alkyl halides is 3. The maximum Gasteiger partial charge on any atom is 0.418 e. The van der Waals surface area contributed by atoms with Crippen molar-refractivity contribution in [1.29, 1.82) is 0 Å². The first-order chi connectivity index (χ1) is 12.1. The van der Waals surface area contributed by atoms with Crippen molar-refractivity contribution in [2.45, 2.75) is 19.2 Å². The van der Waals surface area contributed by atoms with E-state index in [2.05, 4.69) is 5.32 Å². The summed E-state index contributed by atoms with van der Waals surface area (Å²) in [5.74, 6) is -0.441. The molecule has 2 aromatic carbocycles. The van der Waals surface area contributed by atoms with Gasteiger partial charge >= 0.3 is 6.18 Å². The van der Waals surface area contributed by atoms with Gasteiger partial charge in [-0.1, -0.05) is 23.7 Å². The van der Waals surface area contributed by atoms with Crippen LogP contribution in [0.4, 0.5) is 24.5 Å². The monoisotopic (exact) mass is 386 g/mol. The molecule has 0 bridgehead atoms. The summed E-state index contributed by atoms with van der Waals surface area (Å²) in [6.07, 6.45) is -5.65.